The topological polar surface area (TPSA) is 0 Å². The second kappa shape index (κ2) is 5.43. The molecule has 0 N–H and O–H groups in total. The summed E-state index contributed by atoms with van der Waals surface area (Å²) in [5.74, 6) is 0.693. The molecule has 1 heteroatoms. The van der Waals surface area contributed by atoms with Gasteiger partial charge in [0.25, 0.3) is 0 Å². The van der Waals surface area contributed by atoms with Crippen molar-refractivity contribution < 1.29 is 0 Å². The Hall–Kier alpha value is -0.300. The minimum absolute atomic E-state index is 0.693. The molecule has 0 unspecified atom stereocenters. The van der Waals surface area contributed by atoms with Crippen LogP contribution in [0, 0.1) is 6.92 Å². The maximum Gasteiger partial charge on any atom is 0.00315 e. The molecule has 72 valence electrons. The van der Waals surface area contributed by atoms with E-state index in [9.17, 15) is 0 Å². The molecule has 0 aromatic heterocycles. The van der Waals surface area contributed by atoms with E-state index in [0.29, 0.717) is 5.92 Å². The maximum atomic E-state index is 3.46. The van der Waals surface area contributed by atoms with E-state index >= 15 is 0 Å². The highest BCUT2D eigenvalue weighted by molar-refractivity contribution is 9.09. The molecule has 0 radical (unpaired) electrons. The van der Waals surface area contributed by atoms with E-state index < -0.39 is 0 Å². The molecule has 0 amide bonds. The van der Waals surface area contributed by atoms with E-state index in [1.165, 1.54) is 24.0 Å². The van der Waals surface area contributed by atoms with Crippen LogP contribution < -0.4 is 0 Å². The average Bonchev–Trinajstić information content (AvgIpc) is 2.15. The average molecular weight is 241 g/mol. The summed E-state index contributed by atoms with van der Waals surface area (Å²) in [5, 5.41) is 1.11. The molecular weight excluding hydrogens is 224 g/mol. The second-order valence-corrected chi connectivity index (χ2v) is 4.44. The number of alkyl halides is 1. The van der Waals surface area contributed by atoms with Gasteiger partial charge in [-0.2, -0.15) is 0 Å². The summed E-state index contributed by atoms with van der Waals surface area (Å²) in [6, 6.07) is 8.88. The summed E-state index contributed by atoms with van der Waals surface area (Å²) in [6.45, 7) is 4.43. The lowest BCUT2D eigenvalue weighted by atomic mass is 9.96. The van der Waals surface area contributed by atoms with Crippen molar-refractivity contribution in [3.05, 3.63) is 35.4 Å². The van der Waals surface area contributed by atoms with E-state index in [1.54, 1.807) is 0 Å². The Kier molecular flexibility index (Phi) is 4.51. The van der Waals surface area contributed by atoms with Crippen LogP contribution >= 0.6 is 15.9 Å². The maximum absolute atomic E-state index is 3.46. The predicted octanol–water partition coefficient (Wildman–Crippen LogP) is 4.27. The van der Waals surface area contributed by atoms with Gasteiger partial charge in [-0.25, -0.2) is 0 Å². The Morgan fingerprint density at radius 3 is 2.38 bits per heavy atom. The summed E-state index contributed by atoms with van der Waals surface area (Å²) in [6.07, 6.45) is 2.53. The summed E-state index contributed by atoms with van der Waals surface area (Å²) in [5.41, 5.74) is 2.81. The fraction of sp³-hybridized carbons (Fsp3) is 0.500. The van der Waals surface area contributed by atoms with E-state index in [0.717, 1.165) is 5.33 Å². The molecule has 0 aliphatic carbocycles. The number of hydrogen-bond donors (Lipinski definition) is 0. The lowest BCUT2D eigenvalue weighted by Crippen LogP contribution is -1.93. The molecule has 1 atom stereocenters. The summed E-state index contributed by atoms with van der Waals surface area (Å²) < 4.78 is 0. The molecule has 0 aliphatic heterocycles. The van der Waals surface area contributed by atoms with Crippen LogP contribution in [0.4, 0.5) is 0 Å². The SMILES string of the molecule is Cc1ccc([C@@H](C)CCCBr)cc1. The molecule has 0 aliphatic rings. The number of halogens is 1. The van der Waals surface area contributed by atoms with E-state index in [-0.39, 0.29) is 0 Å². The third-order valence-corrected chi connectivity index (χ3v) is 2.98. The first-order chi connectivity index (χ1) is 6.24. The summed E-state index contributed by atoms with van der Waals surface area (Å²) in [4.78, 5) is 0. The smallest absolute Gasteiger partial charge is 0.00315 e. The first-order valence-corrected chi connectivity index (χ1v) is 5.98. The van der Waals surface area contributed by atoms with Gasteiger partial charge in [0.2, 0.25) is 0 Å². The molecule has 0 heterocycles. The van der Waals surface area contributed by atoms with Gasteiger partial charge in [0, 0.05) is 5.33 Å². The zero-order valence-corrected chi connectivity index (χ0v) is 9.97. The van der Waals surface area contributed by atoms with Crippen molar-refractivity contribution in [2.75, 3.05) is 5.33 Å². The van der Waals surface area contributed by atoms with Crippen molar-refractivity contribution in [2.24, 2.45) is 0 Å². The van der Waals surface area contributed by atoms with Gasteiger partial charge in [0.15, 0.2) is 0 Å². The van der Waals surface area contributed by atoms with Gasteiger partial charge in [-0.1, -0.05) is 52.7 Å². The molecule has 1 aromatic rings. The molecule has 0 fully saturated rings. The molecule has 0 saturated carbocycles. The molecule has 13 heavy (non-hydrogen) atoms. The zero-order chi connectivity index (χ0) is 9.68. The van der Waals surface area contributed by atoms with E-state index in [1.807, 2.05) is 0 Å². The van der Waals surface area contributed by atoms with Crippen molar-refractivity contribution in [3.8, 4) is 0 Å². The summed E-state index contributed by atoms with van der Waals surface area (Å²) in [7, 11) is 0. The van der Waals surface area contributed by atoms with Gasteiger partial charge in [0.05, 0.1) is 0 Å². The van der Waals surface area contributed by atoms with Crippen molar-refractivity contribution in [3.63, 3.8) is 0 Å². The first-order valence-electron chi connectivity index (χ1n) is 4.86. The molecule has 1 rings (SSSR count). The largest absolute Gasteiger partial charge is 0.0928 e. The Bertz CT molecular complexity index is 238. The molecule has 0 nitrogen and oxygen atoms in total. The molecule has 0 saturated heterocycles. The second-order valence-electron chi connectivity index (χ2n) is 3.64. The third-order valence-electron chi connectivity index (χ3n) is 2.42. The van der Waals surface area contributed by atoms with Crippen molar-refractivity contribution in [1.82, 2.24) is 0 Å². The monoisotopic (exact) mass is 240 g/mol. The van der Waals surface area contributed by atoms with Crippen LogP contribution in [-0.2, 0) is 0 Å². The van der Waals surface area contributed by atoms with Gasteiger partial charge in [0.1, 0.15) is 0 Å². The van der Waals surface area contributed by atoms with Crippen LogP contribution in [0.5, 0.6) is 0 Å². The zero-order valence-electron chi connectivity index (χ0n) is 8.39. The van der Waals surface area contributed by atoms with E-state index in [4.69, 9.17) is 0 Å². The lowest BCUT2D eigenvalue weighted by Gasteiger charge is -2.10. The number of benzene rings is 1. The first kappa shape index (κ1) is 10.8. The van der Waals surface area contributed by atoms with E-state index in [2.05, 4.69) is 54.0 Å². The Balaban J connectivity index is 2.55. The molecule has 0 spiro atoms. The van der Waals surface area contributed by atoms with Crippen LogP contribution in [0.1, 0.15) is 36.8 Å². The number of rotatable bonds is 4. The minimum atomic E-state index is 0.693. The van der Waals surface area contributed by atoms with Gasteiger partial charge in [-0.05, 0) is 31.2 Å². The molecular formula is C12H17Br. The highest BCUT2D eigenvalue weighted by Crippen LogP contribution is 2.21. The fourth-order valence-corrected chi connectivity index (χ4v) is 1.77. The minimum Gasteiger partial charge on any atom is -0.0928 e. The van der Waals surface area contributed by atoms with Crippen LogP contribution in [0.25, 0.3) is 0 Å². The van der Waals surface area contributed by atoms with Crippen LogP contribution in [0.2, 0.25) is 0 Å². The highest BCUT2D eigenvalue weighted by atomic mass is 79.9. The van der Waals surface area contributed by atoms with Crippen LogP contribution in [-0.4, -0.2) is 5.33 Å². The summed E-state index contributed by atoms with van der Waals surface area (Å²) >= 11 is 3.46. The van der Waals surface area contributed by atoms with Gasteiger partial charge in [-0.15, -0.1) is 0 Å². The van der Waals surface area contributed by atoms with Crippen molar-refractivity contribution in [1.29, 1.82) is 0 Å². The van der Waals surface area contributed by atoms with Crippen molar-refractivity contribution >= 4 is 15.9 Å². The standard InChI is InChI=1S/C12H17Br/c1-10-5-7-12(8-6-10)11(2)4-3-9-13/h5-8,11H,3-4,9H2,1-2H3/t11-/m0/s1. The normalized spacial score (nSPS) is 12.8. The Morgan fingerprint density at radius 1 is 1.23 bits per heavy atom. The van der Waals surface area contributed by atoms with Gasteiger partial charge in [-0.3, -0.25) is 0 Å². The lowest BCUT2D eigenvalue weighted by molar-refractivity contribution is 0.671. The van der Waals surface area contributed by atoms with Crippen LogP contribution in [0.15, 0.2) is 24.3 Å². The molecule has 1 aromatic carbocycles. The third kappa shape index (κ3) is 3.51. The molecule has 0 bridgehead atoms. The van der Waals surface area contributed by atoms with Crippen molar-refractivity contribution in [2.45, 2.75) is 32.6 Å². The predicted molar refractivity (Wildman–Crippen MR) is 62.6 cm³/mol. The fourth-order valence-electron chi connectivity index (χ4n) is 1.44. The number of hydrogen-bond acceptors (Lipinski definition) is 0. The Labute approximate surface area is 89.5 Å². The number of aryl methyl sites for hydroxylation is 1. The quantitative estimate of drug-likeness (QED) is 0.690. The van der Waals surface area contributed by atoms with Gasteiger partial charge >= 0.3 is 0 Å². The van der Waals surface area contributed by atoms with Crippen LogP contribution in [0.3, 0.4) is 0 Å². The van der Waals surface area contributed by atoms with Gasteiger partial charge < -0.3 is 0 Å². The highest BCUT2D eigenvalue weighted by Gasteiger charge is 2.03. The Morgan fingerprint density at radius 2 is 1.85 bits per heavy atom.